The molecule has 0 heterocycles. The number of ether oxygens (including phenoxy) is 2. The van der Waals surface area contributed by atoms with Crippen LogP contribution in [0.3, 0.4) is 0 Å². The van der Waals surface area contributed by atoms with E-state index >= 15 is 0 Å². The van der Waals surface area contributed by atoms with Gasteiger partial charge in [0.2, 0.25) is 0 Å². The van der Waals surface area contributed by atoms with Crippen molar-refractivity contribution >= 4 is 5.78 Å². The van der Waals surface area contributed by atoms with Gasteiger partial charge in [0.15, 0.2) is 17.3 Å². The van der Waals surface area contributed by atoms with Crippen LogP contribution in [0, 0.1) is 0 Å². The molecule has 0 aliphatic heterocycles. The first-order chi connectivity index (χ1) is 9.24. The van der Waals surface area contributed by atoms with E-state index in [0.717, 1.165) is 0 Å². The van der Waals surface area contributed by atoms with Crippen LogP contribution in [0.1, 0.15) is 36.0 Å². The Morgan fingerprint density at radius 1 is 1.21 bits per heavy atom. The van der Waals surface area contributed by atoms with Gasteiger partial charge >= 0.3 is 0 Å². The molecule has 1 aliphatic rings. The fraction of sp³-hybridized carbons (Fsp3) is 0.533. The van der Waals surface area contributed by atoms with E-state index in [4.69, 9.17) is 9.47 Å². The average molecular weight is 263 g/mol. The monoisotopic (exact) mass is 263 g/mol. The van der Waals surface area contributed by atoms with Gasteiger partial charge < -0.3 is 14.8 Å². The van der Waals surface area contributed by atoms with Gasteiger partial charge in [-0.1, -0.05) is 12.8 Å². The van der Waals surface area contributed by atoms with Gasteiger partial charge in [-0.05, 0) is 31.0 Å². The summed E-state index contributed by atoms with van der Waals surface area (Å²) < 4.78 is 10.4. The number of hydrogen-bond acceptors (Lipinski definition) is 4. The zero-order valence-electron chi connectivity index (χ0n) is 11.6. The van der Waals surface area contributed by atoms with Crippen molar-refractivity contribution in [3.05, 3.63) is 23.8 Å². The summed E-state index contributed by atoms with van der Waals surface area (Å²) in [5.41, 5.74) is 0.656. The molecular weight excluding hydrogens is 242 g/mol. The van der Waals surface area contributed by atoms with Gasteiger partial charge in [0.25, 0.3) is 0 Å². The zero-order chi connectivity index (χ0) is 13.7. The van der Waals surface area contributed by atoms with Gasteiger partial charge in [0, 0.05) is 11.6 Å². The molecule has 0 amide bonds. The second-order valence-electron chi connectivity index (χ2n) is 4.86. The van der Waals surface area contributed by atoms with Crippen molar-refractivity contribution in [2.45, 2.75) is 31.7 Å². The van der Waals surface area contributed by atoms with E-state index < -0.39 is 0 Å². The number of nitrogens with one attached hydrogen (secondary N) is 1. The lowest BCUT2D eigenvalue weighted by Crippen LogP contribution is -2.31. The van der Waals surface area contributed by atoms with Crippen LogP contribution in [0.4, 0.5) is 0 Å². The van der Waals surface area contributed by atoms with Crippen LogP contribution in [-0.2, 0) is 0 Å². The maximum atomic E-state index is 12.1. The number of hydrogen-bond donors (Lipinski definition) is 1. The minimum absolute atomic E-state index is 0.0906. The molecule has 0 atom stereocenters. The summed E-state index contributed by atoms with van der Waals surface area (Å²) in [6.45, 7) is 0.389. The molecule has 1 aromatic rings. The molecule has 1 aromatic carbocycles. The Kier molecular flexibility index (Phi) is 4.80. The second-order valence-corrected chi connectivity index (χ2v) is 4.86. The summed E-state index contributed by atoms with van der Waals surface area (Å²) in [4.78, 5) is 12.1. The third-order valence-electron chi connectivity index (χ3n) is 3.61. The topological polar surface area (TPSA) is 47.6 Å². The van der Waals surface area contributed by atoms with Crippen molar-refractivity contribution < 1.29 is 14.3 Å². The molecule has 4 heteroatoms. The molecule has 104 valence electrons. The molecule has 4 nitrogen and oxygen atoms in total. The molecule has 1 aliphatic carbocycles. The number of ketones is 1. The van der Waals surface area contributed by atoms with Gasteiger partial charge in [-0.3, -0.25) is 4.79 Å². The summed E-state index contributed by atoms with van der Waals surface area (Å²) in [6, 6.07) is 5.78. The number of benzene rings is 1. The fourth-order valence-electron chi connectivity index (χ4n) is 2.48. The van der Waals surface area contributed by atoms with E-state index in [-0.39, 0.29) is 5.78 Å². The van der Waals surface area contributed by atoms with Crippen molar-refractivity contribution in [2.24, 2.45) is 0 Å². The number of carbonyl (C=O) groups excluding carboxylic acids is 1. The van der Waals surface area contributed by atoms with E-state index in [1.54, 1.807) is 32.4 Å². The van der Waals surface area contributed by atoms with Crippen molar-refractivity contribution in [3.8, 4) is 11.5 Å². The molecule has 1 saturated carbocycles. The summed E-state index contributed by atoms with van der Waals surface area (Å²) in [6.07, 6.45) is 4.89. The van der Waals surface area contributed by atoms with Gasteiger partial charge in [0.05, 0.1) is 20.8 Å². The lowest BCUT2D eigenvalue weighted by molar-refractivity contribution is 0.0987. The molecule has 0 aromatic heterocycles. The number of carbonyl (C=O) groups is 1. The smallest absolute Gasteiger partial charge is 0.176 e. The predicted molar refractivity (Wildman–Crippen MR) is 74.1 cm³/mol. The first-order valence-electron chi connectivity index (χ1n) is 6.73. The largest absolute Gasteiger partial charge is 0.493 e. The Bertz CT molecular complexity index is 439. The Balaban J connectivity index is 1.98. The highest BCUT2D eigenvalue weighted by molar-refractivity contribution is 5.98. The SMILES string of the molecule is COc1ccc(C(=O)CNC2CCCC2)cc1OC. The molecule has 19 heavy (non-hydrogen) atoms. The first-order valence-corrected chi connectivity index (χ1v) is 6.73. The molecule has 1 fully saturated rings. The third kappa shape index (κ3) is 3.47. The summed E-state index contributed by atoms with van der Waals surface area (Å²) >= 11 is 0. The minimum atomic E-state index is 0.0906. The minimum Gasteiger partial charge on any atom is -0.493 e. The highest BCUT2D eigenvalue weighted by atomic mass is 16.5. The van der Waals surface area contributed by atoms with Gasteiger partial charge in [0.1, 0.15) is 0 Å². The van der Waals surface area contributed by atoms with Gasteiger partial charge in [-0.15, -0.1) is 0 Å². The fourth-order valence-corrected chi connectivity index (χ4v) is 2.48. The van der Waals surface area contributed by atoms with E-state index in [1.807, 2.05) is 0 Å². The van der Waals surface area contributed by atoms with Crippen molar-refractivity contribution in [2.75, 3.05) is 20.8 Å². The molecule has 0 bridgehead atoms. The first kappa shape index (κ1) is 13.9. The molecule has 0 saturated heterocycles. The van der Waals surface area contributed by atoms with E-state index in [1.165, 1.54) is 25.7 Å². The van der Waals surface area contributed by atoms with Gasteiger partial charge in [-0.2, -0.15) is 0 Å². The standard InChI is InChI=1S/C15H21NO3/c1-18-14-8-7-11(9-15(14)19-2)13(17)10-16-12-5-3-4-6-12/h7-9,12,16H,3-6,10H2,1-2H3. The van der Waals surface area contributed by atoms with E-state index in [0.29, 0.717) is 29.6 Å². The summed E-state index contributed by atoms with van der Waals surface area (Å²) in [5, 5.41) is 3.32. The van der Waals surface area contributed by atoms with Crippen LogP contribution < -0.4 is 14.8 Å². The maximum absolute atomic E-state index is 12.1. The van der Waals surface area contributed by atoms with E-state index in [2.05, 4.69) is 5.32 Å². The Hall–Kier alpha value is -1.55. The number of rotatable bonds is 6. The Labute approximate surface area is 114 Å². The van der Waals surface area contributed by atoms with Crippen LogP contribution in [0.5, 0.6) is 11.5 Å². The normalized spacial score (nSPS) is 15.5. The predicted octanol–water partition coefficient (Wildman–Crippen LogP) is 2.42. The number of Topliss-reactive ketones (excluding diaryl/α,β-unsaturated/α-hetero) is 1. The van der Waals surface area contributed by atoms with Crippen LogP contribution in [-0.4, -0.2) is 32.6 Å². The lowest BCUT2D eigenvalue weighted by Gasteiger charge is -2.12. The second kappa shape index (κ2) is 6.57. The summed E-state index contributed by atoms with van der Waals surface area (Å²) in [5.74, 6) is 1.32. The number of methoxy groups -OCH3 is 2. The molecule has 0 radical (unpaired) electrons. The summed E-state index contributed by atoms with van der Waals surface area (Å²) in [7, 11) is 3.16. The molecular formula is C15H21NO3. The quantitative estimate of drug-likeness (QED) is 0.801. The molecule has 1 N–H and O–H groups in total. The lowest BCUT2D eigenvalue weighted by atomic mass is 10.1. The van der Waals surface area contributed by atoms with Crippen molar-refractivity contribution in [1.29, 1.82) is 0 Å². The third-order valence-corrected chi connectivity index (χ3v) is 3.61. The van der Waals surface area contributed by atoms with Crippen LogP contribution in [0.2, 0.25) is 0 Å². The average Bonchev–Trinajstić information content (AvgIpc) is 2.97. The van der Waals surface area contributed by atoms with Gasteiger partial charge in [-0.25, -0.2) is 0 Å². The Morgan fingerprint density at radius 2 is 1.89 bits per heavy atom. The molecule has 2 rings (SSSR count). The van der Waals surface area contributed by atoms with Crippen LogP contribution in [0.15, 0.2) is 18.2 Å². The van der Waals surface area contributed by atoms with E-state index in [9.17, 15) is 4.79 Å². The Morgan fingerprint density at radius 3 is 2.53 bits per heavy atom. The highest BCUT2D eigenvalue weighted by Gasteiger charge is 2.16. The van der Waals surface area contributed by atoms with Crippen LogP contribution >= 0.6 is 0 Å². The zero-order valence-corrected chi connectivity index (χ0v) is 11.6. The molecule has 0 spiro atoms. The van der Waals surface area contributed by atoms with Crippen molar-refractivity contribution in [1.82, 2.24) is 5.32 Å². The molecule has 0 unspecified atom stereocenters. The highest BCUT2D eigenvalue weighted by Crippen LogP contribution is 2.27. The maximum Gasteiger partial charge on any atom is 0.176 e. The van der Waals surface area contributed by atoms with Crippen LogP contribution in [0.25, 0.3) is 0 Å². The van der Waals surface area contributed by atoms with Crippen molar-refractivity contribution in [3.63, 3.8) is 0 Å².